The Bertz CT molecular complexity index is 298. The van der Waals surface area contributed by atoms with E-state index in [-0.39, 0.29) is 11.7 Å². The van der Waals surface area contributed by atoms with E-state index >= 15 is 0 Å². The standard InChI is InChI=1S/C13H23NO2/c1-11(2,3)16-10(15)14-8-13(9-14)6-12(4,5)7-13/h6-9H2,1-5H3. The van der Waals surface area contributed by atoms with Crippen LogP contribution in [0, 0.1) is 10.8 Å². The number of carbonyl (C=O) groups excluding carboxylic acids is 1. The third-order valence-electron chi connectivity index (χ3n) is 3.41. The van der Waals surface area contributed by atoms with E-state index in [1.807, 2.05) is 25.7 Å². The van der Waals surface area contributed by atoms with Crippen molar-refractivity contribution in [2.75, 3.05) is 13.1 Å². The Kier molecular flexibility index (Phi) is 2.31. The van der Waals surface area contributed by atoms with Crippen LogP contribution in [0.3, 0.4) is 0 Å². The van der Waals surface area contributed by atoms with Gasteiger partial charge >= 0.3 is 6.09 Å². The van der Waals surface area contributed by atoms with Crippen molar-refractivity contribution < 1.29 is 9.53 Å². The maximum absolute atomic E-state index is 11.7. The molecule has 1 heterocycles. The molecule has 0 atom stereocenters. The van der Waals surface area contributed by atoms with E-state index in [0.29, 0.717) is 10.8 Å². The molecular weight excluding hydrogens is 202 g/mol. The Morgan fingerprint density at radius 3 is 2.06 bits per heavy atom. The third kappa shape index (κ3) is 2.18. The molecule has 1 aliphatic heterocycles. The summed E-state index contributed by atoms with van der Waals surface area (Å²) in [5, 5.41) is 0. The first-order chi connectivity index (χ1) is 7.11. The van der Waals surface area contributed by atoms with Gasteiger partial charge in [-0.3, -0.25) is 0 Å². The van der Waals surface area contributed by atoms with E-state index in [4.69, 9.17) is 4.74 Å². The van der Waals surface area contributed by atoms with Gasteiger partial charge in [0.25, 0.3) is 0 Å². The highest BCUT2D eigenvalue weighted by Crippen LogP contribution is 2.58. The lowest BCUT2D eigenvalue weighted by molar-refractivity contribution is -0.125. The first-order valence-electron chi connectivity index (χ1n) is 6.09. The summed E-state index contributed by atoms with van der Waals surface area (Å²) in [4.78, 5) is 13.6. The maximum Gasteiger partial charge on any atom is 0.410 e. The smallest absolute Gasteiger partial charge is 0.410 e. The average Bonchev–Trinajstić information content (AvgIpc) is 1.90. The third-order valence-corrected chi connectivity index (χ3v) is 3.41. The van der Waals surface area contributed by atoms with Gasteiger partial charge in [0.05, 0.1) is 0 Å². The molecule has 1 aliphatic carbocycles. The minimum absolute atomic E-state index is 0.150. The van der Waals surface area contributed by atoms with E-state index in [0.717, 1.165) is 13.1 Å². The summed E-state index contributed by atoms with van der Waals surface area (Å²) in [6, 6.07) is 0. The molecule has 2 aliphatic rings. The van der Waals surface area contributed by atoms with Crippen LogP contribution in [0.4, 0.5) is 4.79 Å². The lowest BCUT2D eigenvalue weighted by Crippen LogP contribution is -2.66. The Balaban J connectivity index is 1.79. The van der Waals surface area contributed by atoms with Crippen LogP contribution < -0.4 is 0 Å². The predicted molar refractivity (Wildman–Crippen MR) is 63.3 cm³/mol. The Labute approximate surface area is 98.1 Å². The van der Waals surface area contributed by atoms with Crippen LogP contribution in [0.1, 0.15) is 47.5 Å². The molecule has 0 aromatic carbocycles. The normalized spacial score (nSPS) is 25.9. The van der Waals surface area contributed by atoms with Gasteiger partial charge in [0.15, 0.2) is 0 Å². The summed E-state index contributed by atoms with van der Waals surface area (Å²) in [7, 11) is 0. The van der Waals surface area contributed by atoms with Crippen molar-refractivity contribution in [3.8, 4) is 0 Å². The van der Waals surface area contributed by atoms with Crippen LogP contribution in [0.5, 0.6) is 0 Å². The first-order valence-corrected chi connectivity index (χ1v) is 6.09. The summed E-state index contributed by atoms with van der Waals surface area (Å²) >= 11 is 0. The number of ether oxygens (including phenoxy) is 1. The number of rotatable bonds is 0. The average molecular weight is 225 g/mol. The van der Waals surface area contributed by atoms with Gasteiger partial charge in [0, 0.05) is 18.5 Å². The second-order valence-electron chi connectivity index (χ2n) is 7.35. The first kappa shape index (κ1) is 11.7. The molecule has 0 aromatic rings. The van der Waals surface area contributed by atoms with E-state index in [1.54, 1.807) is 0 Å². The van der Waals surface area contributed by atoms with Crippen LogP contribution in [0.15, 0.2) is 0 Å². The number of hydrogen-bond acceptors (Lipinski definition) is 2. The van der Waals surface area contributed by atoms with Crippen LogP contribution in [0.2, 0.25) is 0 Å². The molecular formula is C13H23NO2. The number of carbonyl (C=O) groups is 1. The quantitative estimate of drug-likeness (QED) is 0.634. The van der Waals surface area contributed by atoms with Gasteiger partial charge < -0.3 is 9.64 Å². The summed E-state index contributed by atoms with van der Waals surface area (Å²) < 4.78 is 5.34. The van der Waals surface area contributed by atoms with Gasteiger partial charge in [-0.05, 0) is 39.0 Å². The molecule has 0 unspecified atom stereocenters. The molecule has 1 spiro atoms. The fourth-order valence-corrected chi connectivity index (χ4v) is 3.42. The largest absolute Gasteiger partial charge is 0.444 e. The van der Waals surface area contributed by atoms with Gasteiger partial charge in [0.1, 0.15) is 5.60 Å². The van der Waals surface area contributed by atoms with Gasteiger partial charge in [0.2, 0.25) is 0 Å². The lowest BCUT2D eigenvalue weighted by Gasteiger charge is -2.62. The molecule has 0 N–H and O–H groups in total. The van der Waals surface area contributed by atoms with Crippen molar-refractivity contribution in [3.05, 3.63) is 0 Å². The fraction of sp³-hybridized carbons (Fsp3) is 0.923. The second kappa shape index (κ2) is 3.14. The highest BCUT2D eigenvalue weighted by molar-refractivity contribution is 5.69. The van der Waals surface area contributed by atoms with Gasteiger partial charge in [-0.1, -0.05) is 13.8 Å². The van der Waals surface area contributed by atoms with Crippen molar-refractivity contribution in [3.63, 3.8) is 0 Å². The lowest BCUT2D eigenvalue weighted by atomic mass is 9.51. The molecule has 1 saturated carbocycles. The van der Waals surface area contributed by atoms with Gasteiger partial charge in [-0.15, -0.1) is 0 Å². The minimum atomic E-state index is -0.376. The summed E-state index contributed by atoms with van der Waals surface area (Å²) in [5.41, 5.74) is 0.541. The van der Waals surface area contributed by atoms with Crippen molar-refractivity contribution in [2.45, 2.75) is 53.1 Å². The molecule has 3 nitrogen and oxygen atoms in total. The maximum atomic E-state index is 11.7. The highest BCUT2D eigenvalue weighted by atomic mass is 16.6. The zero-order valence-electron chi connectivity index (χ0n) is 11.1. The van der Waals surface area contributed by atoms with Crippen LogP contribution >= 0.6 is 0 Å². The van der Waals surface area contributed by atoms with E-state index in [1.165, 1.54) is 12.8 Å². The zero-order valence-corrected chi connectivity index (χ0v) is 11.1. The molecule has 1 amide bonds. The summed E-state index contributed by atoms with van der Waals surface area (Å²) in [5.74, 6) is 0. The summed E-state index contributed by atoms with van der Waals surface area (Å²) in [6.45, 7) is 12.1. The molecule has 0 aromatic heterocycles. The van der Waals surface area contributed by atoms with E-state index in [9.17, 15) is 4.79 Å². The molecule has 2 fully saturated rings. The molecule has 16 heavy (non-hydrogen) atoms. The molecule has 0 bridgehead atoms. The molecule has 3 heteroatoms. The predicted octanol–water partition coefficient (Wildman–Crippen LogP) is 3.04. The number of likely N-dealkylation sites (tertiary alicyclic amines) is 1. The van der Waals surface area contributed by atoms with Crippen LogP contribution in [-0.2, 0) is 4.74 Å². The summed E-state index contributed by atoms with van der Waals surface area (Å²) in [6.07, 6.45) is 2.35. The Hall–Kier alpha value is -0.730. The SMILES string of the molecule is CC1(C)CC2(CN(C(=O)OC(C)(C)C)C2)C1. The molecule has 2 rings (SSSR count). The zero-order chi connectivity index (χ0) is 12.2. The number of hydrogen-bond donors (Lipinski definition) is 0. The topological polar surface area (TPSA) is 29.5 Å². The van der Waals surface area contributed by atoms with Crippen LogP contribution in [0.25, 0.3) is 0 Å². The van der Waals surface area contributed by atoms with E-state index in [2.05, 4.69) is 13.8 Å². The molecule has 1 saturated heterocycles. The highest BCUT2D eigenvalue weighted by Gasteiger charge is 2.57. The van der Waals surface area contributed by atoms with E-state index < -0.39 is 0 Å². The van der Waals surface area contributed by atoms with Crippen molar-refractivity contribution in [1.82, 2.24) is 4.90 Å². The van der Waals surface area contributed by atoms with Gasteiger partial charge in [-0.2, -0.15) is 0 Å². The fourth-order valence-electron chi connectivity index (χ4n) is 3.42. The molecule has 92 valence electrons. The second-order valence-corrected chi connectivity index (χ2v) is 7.35. The molecule has 0 radical (unpaired) electrons. The van der Waals surface area contributed by atoms with Crippen molar-refractivity contribution >= 4 is 6.09 Å². The van der Waals surface area contributed by atoms with Gasteiger partial charge in [-0.25, -0.2) is 4.79 Å². The number of nitrogens with zero attached hydrogens (tertiary/aromatic N) is 1. The minimum Gasteiger partial charge on any atom is -0.444 e. The Morgan fingerprint density at radius 1 is 1.19 bits per heavy atom. The monoisotopic (exact) mass is 225 g/mol. The van der Waals surface area contributed by atoms with Crippen LogP contribution in [-0.4, -0.2) is 29.7 Å². The number of amides is 1. The Morgan fingerprint density at radius 2 is 1.69 bits per heavy atom. The van der Waals surface area contributed by atoms with Crippen molar-refractivity contribution in [2.24, 2.45) is 10.8 Å². The van der Waals surface area contributed by atoms with Crippen molar-refractivity contribution in [1.29, 1.82) is 0 Å².